The summed E-state index contributed by atoms with van der Waals surface area (Å²) in [5.74, 6) is -0.515. The highest BCUT2D eigenvalue weighted by Gasteiger charge is 2.23. The van der Waals surface area contributed by atoms with Gasteiger partial charge >= 0.3 is 11.9 Å². The first kappa shape index (κ1) is 19.1. The van der Waals surface area contributed by atoms with Crippen LogP contribution >= 0.6 is 0 Å². The molecule has 0 spiro atoms. The van der Waals surface area contributed by atoms with Crippen molar-refractivity contribution in [3.8, 4) is 0 Å². The van der Waals surface area contributed by atoms with Crippen LogP contribution in [0.15, 0.2) is 12.5 Å². The Kier molecular flexibility index (Phi) is 8.28. The summed E-state index contributed by atoms with van der Waals surface area (Å²) in [6.45, 7) is 4.91. The third-order valence-electron chi connectivity index (χ3n) is 3.47. The zero-order valence-electron chi connectivity index (χ0n) is 14.1. The van der Waals surface area contributed by atoms with Crippen molar-refractivity contribution in [3.63, 3.8) is 0 Å². The van der Waals surface area contributed by atoms with E-state index in [1.807, 2.05) is 13.8 Å². The maximum absolute atomic E-state index is 11.8. The van der Waals surface area contributed by atoms with E-state index < -0.39 is 6.04 Å². The highest BCUT2D eigenvalue weighted by Crippen LogP contribution is 2.03. The molecule has 8 heteroatoms. The third kappa shape index (κ3) is 6.37. The number of H-pyrrole nitrogens is 1. The number of carbonyl (C=O) groups is 2. The normalized spacial score (nSPS) is 13.6. The van der Waals surface area contributed by atoms with Crippen LogP contribution in [0.4, 0.5) is 0 Å². The Labute approximate surface area is 136 Å². The summed E-state index contributed by atoms with van der Waals surface area (Å²) < 4.78 is 9.57. The number of methoxy groups -OCH3 is 2. The molecule has 0 fully saturated rings. The van der Waals surface area contributed by atoms with Gasteiger partial charge in [-0.2, -0.15) is 0 Å². The lowest BCUT2D eigenvalue weighted by molar-refractivity contribution is -0.145. The minimum Gasteiger partial charge on any atom is -0.468 e. The molecule has 8 nitrogen and oxygen atoms in total. The van der Waals surface area contributed by atoms with E-state index in [0.717, 1.165) is 5.69 Å². The van der Waals surface area contributed by atoms with Crippen LogP contribution in [0.1, 0.15) is 19.5 Å². The Morgan fingerprint density at radius 2 is 1.83 bits per heavy atom. The van der Waals surface area contributed by atoms with Crippen LogP contribution in [0.5, 0.6) is 0 Å². The summed E-state index contributed by atoms with van der Waals surface area (Å²) in [4.78, 5) is 30.4. The molecule has 1 heterocycles. The van der Waals surface area contributed by atoms with Crippen LogP contribution in [0.3, 0.4) is 0 Å². The van der Waals surface area contributed by atoms with E-state index in [4.69, 9.17) is 9.47 Å². The molecule has 1 rings (SSSR count). The molecule has 0 amide bonds. The van der Waals surface area contributed by atoms with E-state index in [9.17, 15) is 9.59 Å². The lowest BCUT2D eigenvalue weighted by atomic mass is 10.0. The Balaban J connectivity index is 2.45. The molecule has 0 aliphatic carbocycles. The van der Waals surface area contributed by atoms with Gasteiger partial charge in [0.05, 0.1) is 20.5 Å². The molecule has 0 aromatic carbocycles. The Morgan fingerprint density at radius 3 is 2.35 bits per heavy atom. The van der Waals surface area contributed by atoms with Gasteiger partial charge in [-0.25, -0.2) is 4.98 Å². The van der Waals surface area contributed by atoms with Crippen LogP contribution in [-0.2, 0) is 25.5 Å². The average molecular weight is 326 g/mol. The van der Waals surface area contributed by atoms with Gasteiger partial charge in [0, 0.05) is 31.4 Å². The van der Waals surface area contributed by atoms with Gasteiger partial charge in [0.2, 0.25) is 0 Å². The number of carbonyl (C=O) groups excluding carboxylic acids is 2. The molecular weight excluding hydrogens is 300 g/mol. The van der Waals surface area contributed by atoms with Crippen LogP contribution in [0.2, 0.25) is 0 Å². The number of hydrogen-bond donors (Lipinski definition) is 3. The summed E-state index contributed by atoms with van der Waals surface area (Å²) >= 11 is 0. The second kappa shape index (κ2) is 9.96. The number of aromatic nitrogens is 2. The zero-order valence-corrected chi connectivity index (χ0v) is 14.1. The molecule has 23 heavy (non-hydrogen) atoms. The first-order chi connectivity index (χ1) is 11.0. The molecule has 1 aromatic rings. The van der Waals surface area contributed by atoms with Gasteiger partial charge in [-0.3, -0.25) is 9.59 Å². The van der Waals surface area contributed by atoms with Crippen LogP contribution < -0.4 is 10.6 Å². The van der Waals surface area contributed by atoms with Gasteiger partial charge in [0.15, 0.2) is 0 Å². The second-order valence-electron chi connectivity index (χ2n) is 5.51. The quantitative estimate of drug-likeness (QED) is 0.406. The molecule has 0 unspecified atom stereocenters. The van der Waals surface area contributed by atoms with Crippen molar-refractivity contribution in [3.05, 3.63) is 18.2 Å². The fraction of sp³-hybridized carbons (Fsp3) is 0.667. The molecule has 0 saturated heterocycles. The highest BCUT2D eigenvalue weighted by molar-refractivity contribution is 5.76. The number of aromatic amines is 1. The van der Waals surface area contributed by atoms with Crippen molar-refractivity contribution >= 4 is 11.9 Å². The van der Waals surface area contributed by atoms with Gasteiger partial charge < -0.3 is 25.1 Å². The van der Waals surface area contributed by atoms with Crippen LogP contribution in [0, 0.1) is 5.92 Å². The van der Waals surface area contributed by atoms with Crippen molar-refractivity contribution in [2.45, 2.75) is 32.4 Å². The SMILES string of the molecule is COC(=O)[C@H](Cc1cnc[nH]1)NCCN[C@H](C(=O)OC)C(C)C. The molecule has 0 aliphatic rings. The zero-order chi connectivity index (χ0) is 17.2. The average Bonchev–Trinajstić information content (AvgIpc) is 3.04. The van der Waals surface area contributed by atoms with E-state index in [1.165, 1.54) is 14.2 Å². The first-order valence-electron chi connectivity index (χ1n) is 7.59. The predicted octanol–water partition coefficient (Wildman–Crippen LogP) is -0.129. The maximum Gasteiger partial charge on any atom is 0.323 e. The summed E-state index contributed by atoms with van der Waals surface area (Å²) in [6, 6.07) is -0.844. The third-order valence-corrected chi connectivity index (χ3v) is 3.47. The van der Waals surface area contributed by atoms with Gasteiger partial charge in [-0.15, -0.1) is 0 Å². The molecule has 0 bridgehead atoms. The number of esters is 2. The highest BCUT2D eigenvalue weighted by atomic mass is 16.5. The summed E-state index contributed by atoms with van der Waals surface area (Å²) in [5.41, 5.74) is 0.843. The van der Waals surface area contributed by atoms with E-state index in [-0.39, 0.29) is 23.9 Å². The van der Waals surface area contributed by atoms with Crippen molar-refractivity contribution in [2.75, 3.05) is 27.3 Å². The minimum atomic E-state index is -0.474. The molecule has 0 radical (unpaired) electrons. The van der Waals surface area contributed by atoms with Crippen molar-refractivity contribution in [1.82, 2.24) is 20.6 Å². The summed E-state index contributed by atoms with van der Waals surface area (Å²) in [6.07, 6.45) is 3.69. The monoisotopic (exact) mass is 326 g/mol. The number of nitrogens with zero attached hydrogens (tertiary/aromatic N) is 1. The number of rotatable bonds is 10. The van der Waals surface area contributed by atoms with E-state index in [0.29, 0.717) is 19.5 Å². The Hall–Kier alpha value is -1.93. The molecule has 2 atom stereocenters. The fourth-order valence-electron chi connectivity index (χ4n) is 2.19. The van der Waals surface area contributed by atoms with Gasteiger partial charge in [0.1, 0.15) is 12.1 Å². The molecule has 3 N–H and O–H groups in total. The largest absolute Gasteiger partial charge is 0.468 e. The van der Waals surface area contributed by atoms with E-state index >= 15 is 0 Å². The van der Waals surface area contributed by atoms with E-state index in [2.05, 4.69) is 20.6 Å². The number of hydrogen-bond acceptors (Lipinski definition) is 7. The van der Waals surface area contributed by atoms with Crippen molar-refractivity contribution in [2.24, 2.45) is 5.92 Å². The Morgan fingerprint density at radius 1 is 1.17 bits per heavy atom. The minimum absolute atomic E-state index is 0.115. The lowest BCUT2D eigenvalue weighted by Crippen LogP contribution is -2.47. The first-order valence-corrected chi connectivity index (χ1v) is 7.59. The number of ether oxygens (including phenoxy) is 2. The molecule has 0 saturated carbocycles. The summed E-state index contributed by atoms with van der Waals surface area (Å²) in [7, 11) is 2.73. The van der Waals surface area contributed by atoms with Crippen LogP contribution in [-0.4, -0.2) is 61.3 Å². The molecule has 130 valence electrons. The number of imidazole rings is 1. The predicted molar refractivity (Wildman–Crippen MR) is 84.7 cm³/mol. The topological polar surface area (TPSA) is 105 Å². The van der Waals surface area contributed by atoms with Crippen molar-refractivity contribution in [1.29, 1.82) is 0 Å². The van der Waals surface area contributed by atoms with Crippen LogP contribution in [0.25, 0.3) is 0 Å². The standard InChI is InChI=1S/C15H26N4O4/c1-10(2)13(15(21)23-4)18-6-5-17-12(14(20)22-3)7-11-8-16-9-19-11/h8-10,12-13,17-18H,5-7H2,1-4H3,(H,16,19)/t12-,13-/m0/s1. The van der Waals surface area contributed by atoms with Gasteiger partial charge in [-0.05, 0) is 5.92 Å². The van der Waals surface area contributed by atoms with Crippen molar-refractivity contribution < 1.29 is 19.1 Å². The lowest BCUT2D eigenvalue weighted by Gasteiger charge is -2.21. The molecular formula is C15H26N4O4. The Bertz CT molecular complexity index is 476. The van der Waals surface area contributed by atoms with E-state index in [1.54, 1.807) is 12.5 Å². The molecule has 0 aliphatic heterocycles. The van der Waals surface area contributed by atoms with Gasteiger partial charge in [-0.1, -0.05) is 13.8 Å². The second-order valence-corrected chi connectivity index (χ2v) is 5.51. The number of nitrogens with one attached hydrogen (secondary N) is 3. The fourth-order valence-corrected chi connectivity index (χ4v) is 2.19. The molecule has 1 aromatic heterocycles. The smallest absolute Gasteiger partial charge is 0.323 e. The van der Waals surface area contributed by atoms with Gasteiger partial charge in [0.25, 0.3) is 0 Å². The summed E-state index contributed by atoms with van der Waals surface area (Å²) in [5, 5.41) is 6.25. The maximum atomic E-state index is 11.8.